The number of hydrogen-bond donors (Lipinski definition) is 1. The van der Waals surface area contributed by atoms with Gasteiger partial charge in [-0.1, -0.05) is 37.1 Å². The van der Waals surface area contributed by atoms with Crippen molar-refractivity contribution in [2.24, 2.45) is 5.92 Å². The van der Waals surface area contributed by atoms with Gasteiger partial charge in [-0.05, 0) is 49.1 Å². The number of ether oxygens (including phenoxy) is 1. The molecule has 2 amide bonds. The van der Waals surface area contributed by atoms with Crippen molar-refractivity contribution >= 4 is 11.7 Å². The molecule has 8 heteroatoms. The van der Waals surface area contributed by atoms with Crippen LogP contribution in [0.3, 0.4) is 0 Å². The number of nitrogens with one attached hydrogen (secondary N) is 1. The first-order chi connectivity index (χ1) is 18.1. The molecule has 1 N–H and O–H groups in total. The van der Waals surface area contributed by atoms with Gasteiger partial charge in [0, 0.05) is 56.7 Å². The summed E-state index contributed by atoms with van der Waals surface area (Å²) in [5.74, 6) is 6.94. The van der Waals surface area contributed by atoms with E-state index in [1.54, 1.807) is 11.0 Å². The maximum Gasteiger partial charge on any atom is 0.326 e. The number of likely N-dealkylation sites (N-methyl/N-ethyl adjacent to an activating group) is 1. The molecule has 3 heterocycles. The minimum Gasteiger partial charge on any atom is -0.476 e. The van der Waals surface area contributed by atoms with Crippen LogP contribution in [0.5, 0.6) is 5.88 Å². The van der Waals surface area contributed by atoms with Crippen LogP contribution in [0.1, 0.15) is 24.6 Å². The SMILES string of the molecule is CCN1CCN(Cc2ccc(NC(=O)N3CCC4=C3C#CC(COc3cc(C)ncn3)C=C4)cc2)CC1. The average Bonchev–Trinajstić information content (AvgIpc) is 3.22. The molecule has 192 valence electrons. The van der Waals surface area contributed by atoms with E-state index < -0.39 is 0 Å². The van der Waals surface area contributed by atoms with Gasteiger partial charge in [0.1, 0.15) is 12.9 Å². The molecule has 1 aromatic carbocycles. The highest BCUT2D eigenvalue weighted by Crippen LogP contribution is 2.27. The summed E-state index contributed by atoms with van der Waals surface area (Å²) in [5.41, 5.74) is 4.77. The van der Waals surface area contributed by atoms with E-state index in [1.165, 1.54) is 11.9 Å². The number of rotatable bonds is 7. The van der Waals surface area contributed by atoms with Gasteiger partial charge < -0.3 is 15.0 Å². The maximum absolute atomic E-state index is 13.1. The number of carbonyl (C=O) groups excluding carboxylic acids is 1. The third kappa shape index (κ3) is 6.37. The number of nitrogens with zero attached hydrogens (tertiary/aromatic N) is 5. The number of allylic oxidation sites excluding steroid dienone is 2. The Morgan fingerprint density at radius 1 is 1.11 bits per heavy atom. The van der Waals surface area contributed by atoms with Crippen LogP contribution in [0.25, 0.3) is 0 Å². The molecule has 3 aliphatic rings. The fraction of sp³-hybridized carbons (Fsp3) is 0.414. The molecule has 0 radical (unpaired) electrons. The maximum atomic E-state index is 13.1. The molecule has 1 aromatic heterocycles. The van der Waals surface area contributed by atoms with Crippen molar-refractivity contribution in [3.8, 4) is 17.7 Å². The molecule has 2 aromatic rings. The second-order valence-electron chi connectivity index (χ2n) is 9.66. The first-order valence-electron chi connectivity index (χ1n) is 13.0. The van der Waals surface area contributed by atoms with Gasteiger partial charge in [-0.15, -0.1) is 0 Å². The second kappa shape index (κ2) is 11.6. The van der Waals surface area contributed by atoms with E-state index in [9.17, 15) is 4.79 Å². The number of piperazine rings is 1. The van der Waals surface area contributed by atoms with E-state index >= 15 is 0 Å². The van der Waals surface area contributed by atoms with Crippen LogP contribution < -0.4 is 10.1 Å². The summed E-state index contributed by atoms with van der Waals surface area (Å²) in [5, 5.41) is 3.05. The van der Waals surface area contributed by atoms with Crippen LogP contribution in [0.4, 0.5) is 10.5 Å². The molecule has 2 aliphatic heterocycles. The van der Waals surface area contributed by atoms with E-state index in [1.807, 2.05) is 25.1 Å². The Morgan fingerprint density at radius 2 is 1.89 bits per heavy atom. The molecule has 0 spiro atoms. The third-order valence-electron chi connectivity index (χ3n) is 7.04. The van der Waals surface area contributed by atoms with E-state index in [-0.39, 0.29) is 11.9 Å². The largest absolute Gasteiger partial charge is 0.476 e. The number of carbonyl (C=O) groups is 1. The summed E-state index contributed by atoms with van der Waals surface area (Å²) >= 11 is 0. The van der Waals surface area contributed by atoms with Gasteiger partial charge in [0.25, 0.3) is 0 Å². The highest BCUT2D eigenvalue weighted by Gasteiger charge is 2.27. The molecule has 1 atom stereocenters. The highest BCUT2D eigenvalue weighted by molar-refractivity contribution is 5.91. The lowest BCUT2D eigenvalue weighted by molar-refractivity contribution is 0.132. The van der Waals surface area contributed by atoms with Crippen molar-refractivity contribution < 1.29 is 9.53 Å². The zero-order valence-corrected chi connectivity index (χ0v) is 21.6. The Hall–Kier alpha value is -3.67. The number of amides is 2. The summed E-state index contributed by atoms with van der Waals surface area (Å²) in [6, 6.07) is 9.84. The molecule has 5 rings (SSSR count). The van der Waals surface area contributed by atoms with Crippen molar-refractivity contribution in [3.05, 3.63) is 71.3 Å². The third-order valence-corrected chi connectivity index (χ3v) is 7.04. The zero-order chi connectivity index (χ0) is 25.6. The predicted octanol–water partition coefficient (Wildman–Crippen LogP) is 3.68. The molecule has 37 heavy (non-hydrogen) atoms. The molecule has 1 saturated heterocycles. The van der Waals surface area contributed by atoms with Gasteiger partial charge in [0.2, 0.25) is 5.88 Å². The number of benzene rings is 1. The second-order valence-corrected chi connectivity index (χ2v) is 9.66. The minimum atomic E-state index is -0.151. The normalized spacial score (nSPS) is 19.7. The molecule has 8 nitrogen and oxygen atoms in total. The molecule has 0 bridgehead atoms. The first kappa shape index (κ1) is 25.0. The van der Waals surface area contributed by atoms with Crippen molar-refractivity contribution in [1.29, 1.82) is 0 Å². The fourth-order valence-electron chi connectivity index (χ4n) is 4.78. The summed E-state index contributed by atoms with van der Waals surface area (Å²) in [4.78, 5) is 28.0. The lowest BCUT2D eigenvalue weighted by atomic mass is 10.1. The van der Waals surface area contributed by atoms with Gasteiger partial charge in [-0.2, -0.15) is 0 Å². The number of anilines is 1. The highest BCUT2D eigenvalue weighted by atomic mass is 16.5. The van der Waals surface area contributed by atoms with Crippen LogP contribution in [-0.4, -0.2) is 76.6 Å². The molecule has 0 saturated carbocycles. The van der Waals surface area contributed by atoms with Gasteiger partial charge in [0.15, 0.2) is 0 Å². The van der Waals surface area contributed by atoms with E-state index in [2.05, 4.69) is 62.1 Å². The standard InChI is InChI=1S/C29H34N6O2/c1-3-33-14-16-34(17-15-33)19-23-5-9-26(10-6-23)32-29(36)35-13-12-25-8-4-24(7-11-27(25)35)20-37-28-18-22(2)30-21-31-28/h4-6,8-10,18,21,24H,3,12-17,19-20H2,1-2H3,(H,32,36). The summed E-state index contributed by atoms with van der Waals surface area (Å²) in [7, 11) is 0. The van der Waals surface area contributed by atoms with Gasteiger partial charge >= 0.3 is 6.03 Å². The summed E-state index contributed by atoms with van der Waals surface area (Å²) < 4.78 is 5.80. The smallest absolute Gasteiger partial charge is 0.326 e. The van der Waals surface area contributed by atoms with Crippen molar-refractivity contribution in [2.45, 2.75) is 26.8 Å². The monoisotopic (exact) mass is 498 g/mol. The van der Waals surface area contributed by atoms with Crippen LogP contribution in [-0.2, 0) is 6.54 Å². The number of urea groups is 1. The fourth-order valence-corrected chi connectivity index (χ4v) is 4.78. The van der Waals surface area contributed by atoms with Crippen molar-refractivity contribution in [3.63, 3.8) is 0 Å². The molecular formula is C29H34N6O2. The van der Waals surface area contributed by atoms with E-state index in [4.69, 9.17) is 4.74 Å². The molecule has 1 unspecified atom stereocenters. The lowest BCUT2D eigenvalue weighted by Crippen LogP contribution is -2.45. The number of hydrogen-bond acceptors (Lipinski definition) is 6. The van der Waals surface area contributed by atoms with Gasteiger partial charge in [-0.3, -0.25) is 9.80 Å². The molecular weight excluding hydrogens is 464 g/mol. The van der Waals surface area contributed by atoms with Crippen LogP contribution in [0, 0.1) is 24.7 Å². The van der Waals surface area contributed by atoms with Gasteiger partial charge in [-0.25, -0.2) is 14.8 Å². The van der Waals surface area contributed by atoms with E-state index in [0.717, 1.165) is 68.3 Å². The van der Waals surface area contributed by atoms with Crippen molar-refractivity contribution in [1.82, 2.24) is 24.7 Å². The first-order valence-corrected chi connectivity index (χ1v) is 13.0. The molecule has 1 fully saturated rings. The summed E-state index contributed by atoms with van der Waals surface area (Å²) in [6.45, 7) is 11.7. The Labute approximate surface area is 219 Å². The predicted molar refractivity (Wildman–Crippen MR) is 144 cm³/mol. The van der Waals surface area contributed by atoms with E-state index in [0.29, 0.717) is 19.0 Å². The average molecular weight is 499 g/mol. The number of aryl methyl sites for hydroxylation is 1. The Balaban J connectivity index is 1.15. The van der Waals surface area contributed by atoms with Crippen LogP contribution in [0.15, 0.2) is 60.1 Å². The Morgan fingerprint density at radius 3 is 2.65 bits per heavy atom. The Kier molecular flexibility index (Phi) is 7.83. The van der Waals surface area contributed by atoms with Gasteiger partial charge in [0.05, 0.1) is 11.6 Å². The van der Waals surface area contributed by atoms with Crippen LogP contribution in [0.2, 0.25) is 0 Å². The lowest BCUT2D eigenvalue weighted by Gasteiger charge is -2.34. The zero-order valence-electron chi connectivity index (χ0n) is 21.6. The minimum absolute atomic E-state index is 0.0803. The number of aromatic nitrogens is 2. The van der Waals surface area contributed by atoms with Crippen molar-refractivity contribution in [2.75, 3.05) is 51.2 Å². The topological polar surface area (TPSA) is 73.8 Å². The molecule has 1 aliphatic carbocycles. The quantitative estimate of drug-likeness (QED) is 0.587. The van der Waals surface area contributed by atoms with Crippen LogP contribution >= 0.6 is 0 Å². The Bertz CT molecular complexity index is 1240. The summed E-state index contributed by atoms with van der Waals surface area (Å²) in [6.07, 6.45) is 6.39.